The predicted molar refractivity (Wildman–Crippen MR) is 81.5 cm³/mol. The van der Waals surface area contributed by atoms with Crippen LogP contribution in [0.25, 0.3) is 0 Å². The van der Waals surface area contributed by atoms with Crippen LogP contribution in [0.3, 0.4) is 0 Å². The molecule has 1 N–H and O–H groups in total. The molecule has 0 saturated carbocycles. The normalized spacial score (nSPS) is 10.4. The fourth-order valence-corrected chi connectivity index (χ4v) is 1.94. The van der Waals surface area contributed by atoms with Crippen molar-refractivity contribution in [3.05, 3.63) is 46.2 Å². The van der Waals surface area contributed by atoms with Gasteiger partial charge in [0, 0.05) is 18.5 Å². The van der Waals surface area contributed by atoms with Crippen LogP contribution < -0.4 is 10.1 Å². The Labute approximate surface area is 124 Å². The molecule has 0 spiro atoms. The van der Waals surface area contributed by atoms with Crippen molar-refractivity contribution in [2.45, 2.75) is 26.9 Å². The van der Waals surface area contributed by atoms with Crippen LogP contribution in [0, 0.1) is 6.92 Å². The van der Waals surface area contributed by atoms with E-state index in [0.717, 1.165) is 34.2 Å². The van der Waals surface area contributed by atoms with Crippen LogP contribution in [-0.4, -0.2) is 17.0 Å². The number of halogens is 1. The summed E-state index contributed by atoms with van der Waals surface area (Å²) in [6, 6.07) is 7.59. The van der Waals surface area contributed by atoms with Crippen molar-refractivity contribution in [1.29, 1.82) is 0 Å². The molecule has 106 valence electrons. The highest BCUT2D eigenvalue weighted by Crippen LogP contribution is 2.23. The molecule has 0 amide bonds. The Kier molecular flexibility index (Phi) is 4.79. The number of nitrogens with zero attached hydrogens (tertiary/aromatic N) is 2. The van der Waals surface area contributed by atoms with Gasteiger partial charge in [-0.3, -0.25) is 0 Å². The van der Waals surface area contributed by atoms with Gasteiger partial charge in [0.2, 0.25) is 5.88 Å². The van der Waals surface area contributed by atoms with E-state index in [4.69, 9.17) is 16.3 Å². The fourth-order valence-electron chi connectivity index (χ4n) is 1.81. The van der Waals surface area contributed by atoms with Crippen molar-refractivity contribution in [2.24, 2.45) is 0 Å². The third-order valence-corrected chi connectivity index (χ3v) is 3.24. The van der Waals surface area contributed by atoms with E-state index in [1.807, 2.05) is 45.2 Å². The SMILES string of the molecule is CCc1nc(NC)c(C)c(OCc2ccc(Cl)cc2)n1. The van der Waals surface area contributed by atoms with Gasteiger partial charge < -0.3 is 10.1 Å². The molecule has 2 rings (SSSR count). The highest BCUT2D eigenvalue weighted by molar-refractivity contribution is 6.30. The molecule has 0 aliphatic heterocycles. The number of rotatable bonds is 5. The van der Waals surface area contributed by atoms with Gasteiger partial charge in [-0.2, -0.15) is 4.98 Å². The Bertz CT molecular complexity index is 584. The second kappa shape index (κ2) is 6.57. The van der Waals surface area contributed by atoms with E-state index in [1.54, 1.807) is 0 Å². The minimum absolute atomic E-state index is 0.460. The van der Waals surface area contributed by atoms with Crippen LogP contribution in [0.1, 0.15) is 23.9 Å². The molecule has 0 bridgehead atoms. The molecule has 4 nitrogen and oxygen atoms in total. The summed E-state index contributed by atoms with van der Waals surface area (Å²) in [6.07, 6.45) is 0.770. The zero-order valence-electron chi connectivity index (χ0n) is 11.9. The van der Waals surface area contributed by atoms with E-state index < -0.39 is 0 Å². The summed E-state index contributed by atoms with van der Waals surface area (Å²) in [6.45, 7) is 4.43. The highest BCUT2D eigenvalue weighted by atomic mass is 35.5. The Hall–Kier alpha value is -1.81. The van der Waals surface area contributed by atoms with Crippen LogP contribution in [0.4, 0.5) is 5.82 Å². The minimum Gasteiger partial charge on any atom is -0.472 e. The average molecular weight is 292 g/mol. The van der Waals surface area contributed by atoms with E-state index in [-0.39, 0.29) is 0 Å². The van der Waals surface area contributed by atoms with Crippen LogP contribution in [0.5, 0.6) is 5.88 Å². The summed E-state index contributed by atoms with van der Waals surface area (Å²) in [5, 5.41) is 3.79. The summed E-state index contributed by atoms with van der Waals surface area (Å²) >= 11 is 5.86. The Morgan fingerprint density at radius 1 is 1.20 bits per heavy atom. The molecule has 0 unspecified atom stereocenters. The van der Waals surface area contributed by atoms with Gasteiger partial charge in [-0.05, 0) is 24.6 Å². The second-order valence-electron chi connectivity index (χ2n) is 4.44. The third-order valence-electron chi connectivity index (χ3n) is 2.99. The predicted octanol–water partition coefficient (Wildman–Crippen LogP) is 3.62. The number of hydrogen-bond donors (Lipinski definition) is 1. The third kappa shape index (κ3) is 3.39. The number of nitrogens with one attached hydrogen (secondary N) is 1. The lowest BCUT2D eigenvalue weighted by atomic mass is 10.2. The summed E-state index contributed by atoms with van der Waals surface area (Å²) in [4.78, 5) is 8.85. The van der Waals surface area contributed by atoms with Crippen molar-refractivity contribution < 1.29 is 4.74 Å². The fraction of sp³-hybridized carbons (Fsp3) is 0.333. The van der Waals surface area contributed by atoms with Crippen molar-refractivity contribution in [3.63, 3.8) is 0 Å². The van der Waals surface area contributed by atoms with Crippen molar-refractivity contribution in [2.75, 3.05) is 12.4 Å². The van der Waals surface area contributed by atoms with E-state index in [1.165, 1.54) is 0 Å². The molecular weight excluding hydrogens is 274 g/mol. The molecule has 0 radical (unpaired) electrons. The van der Waals surface area contributed by atoms with E-state index in [0.29, 0.717) is 12.5 Å². The zero-order valence-corrected chi connectivity index (χ0v) is 12.7. The molecule has 5 heteroatoms. The number of benzene rings is 1. The molecule has 20 heavy (non-hydrogen) atoms. The van der Waals surface area contributed by atoms with Crippen LogP contribution >= 0.6 is 11.6 Å². The standard InChI is InChI=1S/C15H18ClN3O/c1-4-13-18-14(17-3)10(2)15(19-13)20-9-11-5-7-12(16)8-6-11/h5-8H,4,9H2,1-3H3,(H,17,18,19). The lowest BCUT2D eigenvalue weighted by Gasteiger charge is -2.12. The van der Waals surface area contributed by atoms with E-state index in [2.05, 4.69) is 15.3 Å². The molecule has 1 heterocycles. The number of hydrogen-bond acceptors (Lipinski definition) is 4. The Morgan fingerprint density at radius 3 is 2.50 bits per heavy atom. The highest BCUT2D eigenvalue weighted by Gasteiger charge is 2.10. The molecule has 0 aliphatic rings. The van der Waals surface area contributed by atoms with Crippen LogP contribution in [0.2, 0.25) is 5.02 Å². The lowest BCUT2D eigenvalue weighted by molar-refractivity contribution is 0.290. The van der Waals surface area contributed by atoms with E-state index >= 15 is 0 Å². The summed E-state index contributed by atoms with van der Waals surface area (Å²) in [5.74, 6) is 2.20. The molecule has 0 aliphatic carbocycles. The first-order chi connectivity index (χ1) is 9.63. The molecule has 0 saturated heterocycles. The molecule has 0 atom stereocenters. The maximum atomic E-state index is 5.86. The van der Waals surface area contributed by atoms with Crippen LogP contribution in [-0.2, 0) is 13.0 Å². The molecular formula is C15H18ClN3O. The minimum atomic E-state index is 0.460. The maximum Gasteiger partial charge on any atom is 0.222 e. The molecule has 1 aromatic heterocycles. The zero-order chi connectivity index (χ0) is 14.5. The van der Waals surface area contributed by atoms with E-state index in [9.17, 15) is 0 Å². The number of ether oxygens (including phenoxy) is 1. The number of anilines is 1. The first kappa shape index (κ1) is 14.6. The number of aromatic nitrogens is 2. The summed E-state index contributed by atoms with van der Waals surface area (Å²) in [7, 11) is 1.84. The van der Waals surface area contributed by atoms with Gasteiger partial charge in [0.1, 0.15) is 18.2 Å². The average Bonchev–Trinajstić information content (AvgIpc) is 2.48. The van der Waals surface area contributed by atoms with Crippen molar-refractivity contribution in [1.82, 2.24) is 9.97 Å². The summed E-state index contributed by atoms with van der Waals surface area (Å²) in [5.41, 5.74) is 1.97. The first-order valence-electron chi connectivity index (χ1n) is 6.56. The quantitative estimate of drug-likeness (QED) is 0.914. The maximum absolute atomic E-state index is 5.86. The molecule has 2 aromatic rings. The largest absolute Gasteiger partial charge is 0.472 e. The Morgan fingerprint density at radius 2 is 1.90 bits per heavy atom. The second-order valence-corrected chi connectivity index (χ2v) is 4.87. The van der Waals surface area contributed by atoms with Gasteiger partial charge in [0.25, 0.3) is 0 Å². The molecule has 1 aromatic carbocycles. The first-order valence-corrected chi connectivity index (χ1v) is 6.94. The number of aryl methyl sites for hydroxylation is 1. The lowest BCUT2D eigenvalue weighted by Crippen LogP contribution is -2.07. The van der Waals surface area contributed by atoms with Crippen molar-refractivity contribution in [3.8, 4) is 5.88 Å². The van der Waals surface area contributed by atoms with Gasteiger partial charge >= 0.3 is 0 Å². The van der Waals surface area contributed by atoms with Crippen molar-refractivity contribution >= 4 is 17.4 Å². The van der Waals surface area contributed by atoms with Gasteiger partial charge in [-0.15, -0.1) is 0 Å². The van der Waals surface area contributed by atoms with Gasteiger partial charge in [-0.25, -0.2) is 4.98 Å². The van der Waals surface area contributed by atoms with Gasteiger partial charge in [-0.1, -0.05) is 30.7 Å². The topological polar surface area (TPSA) is 47.0 Å². The summed E-state index contributed by atoms with van der Waals surface area (Å²) < 4.78 is 5.81. The smallest absolute Gasteiger partial charge is 0.222 e. The van der Waals surface area contributed by atoms with Gasteiger partial charge in [0.05, 0.1) is 5.56 Å². The van der Waals surface area contributed by atoms with Crippen LogP contribution in [0.15, 0.2) is 24.3 Å². The molecule has 0 fully saturated rings. The Balaban J connectivity index is 2.18. The van der Waals surface area contributed by atoms with Gasteiger partial charge in [0.15, 0.2) is 0 Å². The monoisotopic (exact) mass is 291 g/mol.